The van der Waals surface area contributed by atoms with Gasteiger partial charge in [0.25, 0.3) is 0 Å². The van der Waals surface area contributed by atoms with Crippen LogP contribution < -0.4 is 5.73 Å². The molecular formula is C10H12N4. The third-order valence-electron chi connectivity index (χ3n) is 2.22. The molecule has 2 N–H and O–H groups in total. The summed E-state index contributed by atoms with van der Waals surface area (Å²) in [5, 5.41) is 4.12. The summed E-state index contributed by atoms with van der Waals surface area (Å²) in [6, 6.07) is 5.81. The second-order valence-corrected chi connectivity index (χ2v) is 3.26. The van der Waals surface area contributed by atoms with Crippen LogP contribution in [0.5, 0.6) is 0 Å². The van der Waals surface area contributed by atoms with E-state index in [0.29, 0.717) is 0 Å². The van der Waals surface area contributed by atoms with E-state index in [1.165, 1.54) is 0 Å². The number of hydrogen-bond acceptors (Lipinski definition) is 3. The molecule has 0 atom stereocenters. The summed E-state index contributed by atoms with van der Waals surface area (Å²) in [4.78, 5) is 4.07. The zero-order valence-corrected chi connectivity index (χ0v) is 8.23. The first kappa shape index (κ1) is 8.74. The molecule has 2 rings (SSSR count). The molecule has 0 amide bonds. The van der Waals surface area contributed by atoms with E-state index in [1.54, 1.807) is 11.0 Å². The fourth-order valence-corrected chi connectivity index (χ4v) is 1.34. The van der Waals surface area contributed by atoms with Gasteiger partial charge in [-0.2, -0.15) is 5.10 Å². The molecule has 0 unspecified atom stereocenters. The van der Waals surface area contributed by atoms with Gasteiger partial charge >= 0.3 is 0 Å². The Balaban J connectivity index is 2.53. The summed E-state index contributed by atoms with van der Waals surface area (Å²) in [7, 11) is 0. The predicted octanol–water partition coefficient (Wildman–Crippen LogP) is 1.47. The average Bonchev–Trinajstić information content (AvgIpc) is 2.57. The van der Waals surface area contributed by atoms with E-state index in [1.807, 2.05) is 32.0 Å². The van der Waals surface area contributed by atoms with Crippen molar-refractivity contribution in [2.24, 2.45) is 0 Å². The van der Waals surface area contributed by atoms with Gasteiger partial charge in [0.15, 0.2) is 0 Å². The Hall–Kier alpha value is -1.84. The molecule has 0 aliphatic carbocycles. The molecule has 72 valence electrons. The number of aromatic nitrogens is 3. The lowest BCUT2D eigenvalue weighted by Crippen LogP contribution is -2.00. The number of aryl methyl sites for hydroxylation is 2. The summed E-state index contributed by atoms with van der Waals surface area (Å²) >= 11 is 0. The molecule has 0 aliphatic rings. The topological polar surface area (TPSA) is 56.7 Å². The van der Waals surface area contributed by atoms with Crippen molar-refractivity contribution >= 4 is 5.69 Å². The lowest BCUT2D eigenvalue weighted by Gasteiger charge is -2.05. The molecule has 0 aliphatic heterocycles. The lowest BCUT2D eigenvalue weighted by molar-refractivity contribution is 0.839. The maximum absolute atomic E-state index is 5.73. The highest BCUT2D eigenvalue weighted by atomic mass is 15.3. The number of benzene rings is 1. The van der Waals surface area contributed by atoms with E-state index < -0.39 is 0 Å². The van der Waals surface area contributed by atoms with Gasteiger partial charge in [-0.3, -0.25) is 0 Å². The maximum atomic E-state index is 5.73. The number of hydrogen-bond donors (Lipinski definition) is 1. The minimum absolute atomic E-state index is 0.798. The first-order chi connectivity index (χ1) is 6.68. The molecule has 4 heteroatoms. The number of nitrogen functional groups attached to an aromatic ring is 1. The highest BCUT2D eigenvalue weighted by Gasteiger charge is 2.02. The molecule has 0 spiro atoms. The van der Waals surface area contributed by atoms with Gasteiger partial charge in [0, 0.05) is 5.69 Å². The third kappa shape index (κ3) is 1.35. The molecule has 4 nitrogen and oxygen atoms in total. The molecule has 2 aromatic rings. The number of nitrogens with two attached hydrogens (primary N) is 1. The molecule has 1 heterocycles. The van der Waals surface area contributed by atoms with E-state index in [0.717, 1.165) is 22.8 Å². The second kappa shape index (κ2) is 3.14. The van der Waals surface area contributed by atoms with Crippen molar-refractivity contribution < 1.29 is 0 Å². The van der Waals surface area contributed by atoms with Crippen molar-refractivity contribution in [3.8, 4) is 5.69 Å². The Kier molecular flexibility index (Phi) is 1.96. The van der Waals surface area contributed by atoms with Crippen LogP contribution in [0.3, 0.4) is 0 Å². The van der Waals surface area contributed by atoms with Gasteiger partial charge in [-0.15, -0.1) is 0 Å². The van der Waals surface area contributed by atoms with Crippen LogP contribution in [0.25, 0.3) is 5.69 Å². The summed E-state index contributed by atoms with van der Waals surface area (Å²) in [6.07, 6.45) is 1.54. The van der Waals surface area contributed by atoms with E-state index in [-0.39, 0.29) is 0 Å². The van der Waals surface area contributed by atoms with Gasteiger partial charge in [-0.05, 0) is 37.6 Å². The molecular weight excluding hydrogens is 176 g/mol. The van der Waals surface area contributed by atoms with E-state index in [9.17, 15) is 0 Å². The minimum Gasteiger partial charge on any atom is -0.399 e. The average molecular weight is 188 g/mol. The third-order valence-corrected chi connectivity index (χ3v) is 2.22. The van der Waals surface area contributed by atoms with Gasteiger partial charge in [-0.25, -0.2) is 9.67 Å². The summed E-state index contributed by atoms with van der Waals surface area (Å²) in [6.45, 7) is 3.89. The van der Waals surface area contributed by atoms with Crippen molar-refractivity contribution in [3.63, 3.8) is 0 Å². The Labute approximate surface area is 82.4 Å². The SMILES string of the molecule is Cc1cc(-n2ncnc2C)ccc1N. The Morgan fingerprint density at radius 1 is 1.29 bits per heavy atom. The monoisotopic (exact) mass is 188 g/mol. The molecule has 0 fully saturated rings. The fraction of sp³-hybridized carbons (Fsp3) is 0.200. The Morgan fingerprint density at radius 2 is 2.07 bits per heavy atom. The van der Waals surface area contributed by atoms with Crippen LogP contribution in [0.1, 0.15) is 11.4 Å². The van der Waals surface area contributed by atoms with Crippen LogP contribution in [0.15, 0.2) is 24.5 Å². The molecule has 0 saturated carbocycles. The quantitative estimate of drug-likeness (QED) is 0.689. The number of nitrogens with zero attached hydrogens (tertiary/aromatic N) is 3. The van der Waals surface area contributed by atoms with Crippen molar-refractivity contribution in [2.75, 3.05) is 5.73 Å². The van der Waals surface area contributed by atoms with Gasteiger partial charge in [0.05, 0.1) is 5.69 Å². The first-order valence-electron chi connectivity index (χ1n) is 4.41. The zero-order valence-electron chi connectivity index (χ0n) is 8.23. The largest absolute Gasteiger partial charge is 0.399 e. The Bertz CT molecular complexity index is 459. The van der Waals surface area contributed by atoms with Crippen LogP contribution in [0.4, 0.5) is 5.69 Å². The van der Waals surface area contributed by atoms with Gasteiger partial charge in [-0.1, -0.05) is 0 Å². The van der Waals surface area contributed by atoms with Gasteiger partial charge in [0.2, 0.25) is 0 Å². The predicted molar refractivity (Wildman–Crippen MR) is 55.2 cm³/mol. The van der Waals surface area contributed by atoms with Crippen LogP contribution in [-0.4, -0.2) is 14.8 Å². The second-order valence-electron chi connectivity index (χ2n) is 3.26. The van der Waals surface area contributed by atoms with Crippen LogP contribution >= 0.6 is 0 Å². The Morgan fingerprint density at radius 3 is 2.64 bits per heavy atom. The molecule has 1 aromatic heterocycles. The van der Waals surface area contributed by atoms with Crippen molar-refractivity contribution in [2.45, 2.75) is 13.8 Å². The van der Waals surface area contributed by atoms with E-state index >= 15 is 0 Å². The molecule has 14 heavy (non-hydrogen) atoms. The lowest BCUT2D eigenvalue weighted by atomic mass is 10.2. The number of anilines is 1. The number of rotatable bonds is 1. The van der Waals surface area contributed by atoms with E-state index in [4.69, 9.17) is 5.73 Å². The van der Waals surface area contributed by atoms with Crippen LogP contribution in [-0.2, 0) is 0 Å². The van der Waals surface area contributed by atoms with Crippen molar-refractivity contribution in [1.82, 2.24) is 14.8 Å². The van der Waals surface area contributed by atoms with Crippen LogP contribution in [0, 0.1) is 13.8 Å². The maximum Gasteiger partial charge on any atom is 0.138 e. The molecule has 0 bridgehead atoms. The zero-order chi connectivity index (χ0) is 10.1. The normalized spacial score (nSPS) is 10.4. The van der Waals surface area contributed by atoms with E-state index in [2.05, 4.69) is 10.1 Å². The molecule has 0 saturated heterocycles. The summed E-state index contributed by atoms with van der Waals surface area (Å²) in [5.74, 6) is 0.870. The van der Waals surface area contributed by atoms with Crippen molar-refractivity contribution in [1.29, 1.82) is 0 Å². The fourth-order valence-electron chi connectivity index (χ4n) is 1.34. The first-order valence-corrected chi connectivity index (χ1v) is 4.41. The highest BCUT2D eigenvalue weighted by molar-refractivity contribution is 5.51. The van der Waals surface area contributed by atoms with Crippen molar-refractivity contribution in [3.05, 3.63) is 35.9 Å². The highest BCUT2D eigenvalue weighted by Crippen LogP contribution is 2.15. The summed E-state index contributed by atoms with van der Waals surface area (Å²) in [5.41, 5.74) is 8.58. The smallest absolute Gasteiger partial charge is 0.138 e. The summed E-state index contributed by atoms with van der Waals surface area (Å²) < 4.78 is 1.78. The van der Waals surface area contributed by atoms with Gasteiger partial charge in [0.1, 0.15) is 12.2 Å². The minimum atomic E-state index is 0.798. The van der Waals surface area contributed by atoms with Crippen LogP contribution in [0.2, 0.25) is 0 Å². The molecule has 0 radical (unpaired) electrons. The standard InChI is InChI=1S/C10H12N4/c1-7-5-9(3-4-10(7)11)14-8(2)12-6-13-14/h3-6H,11H2,1-2H3. The molecule has 1 aromatic carbocycles. The van der Waals surface area contributed by atoms with Gasteiger partial charge < -0.3 is 5.73 Å².